The Kier molecular flexibility index (Phi) is 4.53. The van der Waals surface area contributed by atoms with Crippen LogP contribution in [-0.2, 0) is 13.6 Å². The summed E-state index contributed by atoms with van der Waals surface area (Å²) < 4.78 is 1.58. The van der Waals surface area contributed by atoms with Crippen molar-refractivity contribution in [2.45, 2.75) is 6.54 Å². The number of hydrogen-bond acceptors (Lipinski definition) is 3. The zero-order valence-electron chi connectivity index (χ0n) is 11.1. The molecule has 5 heteroatoms. The van der Waals surface area contributed by atoms with E-state index in [9.17, 15) is 4.79 Å². The SMILES string of the molecule is Cn1ccc(C(=O)NCc2ccccc2C#CCO)n1. The summed E-state index contributed by atoms with van der Waals surface area (Å²) in [5.41, 5.74) is 2.08. The molecule has 1 aromatic heterocycles. The molecule has 0 saturated heterocycles. The molecule has 2 aromatic rings. The van der Waals surface area contributed by atoms with E-state index in [0.717, 1.165) is 11.1 Å². The molecule has 1 aromatic carbocycles. The number of carbonyl (C=O) groups is 1. The van der Waals surface area contributed by atoms with E-state index in [4.69, 9.17) is 5.11 Å². The van der Waals surface area contributed by atoms with Gasteiger partial charge in [-0.05, 0) is 17.7 Å². The molecule has 0 fully saturated rings. The molecule has 2 rings (SSSR count). The van der Waals surface area contributed by atoms with Crippen molar-refractivity contribution in [1.82, 2.24) is 15.1 Å². The highest BCUT2D eigenvalue weighted by Crippen LogP contribution is 2.07. The number of benzene rings is 1. The van der Waals surface area contributed by atoms with Crippen LogP contribution in [0.2, 0.25) is 0 Å². The molecule has 0 radical (unpaired) electrons. The van der Waals surface area contributed by atoms with Crippen LogP contribution in [0.4, 0.5) is 0 Å². The quantitative estimate of drug-likeness (QED) is 0.806. The van der Waals surface area contributed by atoms with E-state index in [1.165, 1.54) is 0 Å². The van der Waals surface area contributed by atoms with Crippen molar-refractivity contribution in [2.24, 2.45) is 7.05 Å². The molecule has 0 atom stereocenters. The van der Waals surface area contributed by atoms with Crippen LogP contribution in [0.25, 0.3) is 0 Å². The molecule has 0 aliphatic heterocycles. The fourth-order valence-electron chi connectivity index (χ4n) is 1.73. The van der Waals surface area contributed by atoms with Crippen LogP contribution in [0.1, 0.15) is 21.6 Å². The lowest BCUT2D eigenvalue weighted by molar-refractivity contribution is 0.0945. The Labute approximate surface area is 117 Å². The Hall–Kier alpha value is -2.58. The van der Waals surface area contributed by atoms with Crippen LogP contribution in [0.3, 0.4) is 0 Å². The van der Waals surface area contributed by atoms with Gasteiger partial charge in [-0.25, -0.2) is 0 Å². The minimum atomic E-state index is -0.226. The molecule has 0 aliphatic carbocycles. The van der Waals surface area contributed by atoms with Gasteiger partial charge in [0.2, 0.25) is 0 Å². The molecule has 0 bridgehead atoms. The topological polar surface area (TPSA) is 67.2 Å². The number of carbonyl (C=O) groups excluding carboxylic acids is 1. The first kappa shape index (κ1) is 13.8. The highest BCUT2D eigenvalue weighted by Gasteiger charge is 2.08. The molecule has 1 heterocycles. The second-order valence-electron chi connectivity index (χ2n) is 4.17. The van der Waals surface area contributed by atoms with E-state index < -0.39 is 0 Å². The molecular formula is C15H15N3O2. The summed E-state index contributed by atoms with van der Waals surface area (Å²) in [6, 6.07) is 9.15. The number of aliphatic hydroxyl groups is 1. The predicted molar refractivity (Wildman–Crippen MR) is 74.8 cm³/mol. The highest BCUT2D eigenvalue weighted by molar-refractivity contribution is 5.92. The fourth-order valence-corrected chi connectivity index (χ4v) is 1.73. The van der Waals surface area contributed by atoms with E-state index >= 15 is 0 Å². The molecule has 2 N–H and O–H groups in total. The standard InChI is InChI=1S/C15H15N3O2/c1-18-9-8-14(17-18)15(20)16-11-13-6-3-2-5-12(13)7-4-10-19/h2-3,5-6,8-9,19H,10-11H2,1H3,(H,16,20). The lowest BCUT2D eigenvalue weighted by Gasteiger charge is -2.05. The van der Waals surface area contributed by atoms with Crippen molar-refractivity contribution in [2.75, 3.05) is 6.61 Å². The monoisotopic (exact) mass is 269 g/mol. The fraction of sp³-hybridized carbons (Fsp3) is 0.200. The van der Waals surface area contributed by atoms with Crippen molar-refractivity contribution < 1.29 is 9.90 Å². The van der Waals surface area contributed by atoms with Crippen LogP contribution in [0, 0.1) is 11.8 Å². The van der Waals surface area contributed by atoms with Crippen LogP contribution in [0.5, 0.6) is 0 Å². The second kappa shape index (κ2) is 6.55. The first-order chi connectivity index (χ1) is 9.70. The van der Waals surface area contributed by atoms with Crippen molar-refractivity contribution in [3.63, 3.8) is 0 Å². The van der Waals surface area contributed by atoms with Gasteiger partial charge in [0.05, 0.1) is 0 Å². The minimum Gasteiger partial charge on any atom is -0.384 e. The summed E-state index contributed by atoms with van der Waals surface area (Å²) in [5, 5.41) is 15.6. The number of aliphatic hydroxyl groups excluding tert-OH is 1. The number of nitrogens with zero attached hydrogens (tertiary/aromatic N) is 2. The summed E-state index contributed by atoms with van der Waals surface area (Å²) in [6.45, 7) is 0.181. The Morgan fingerprint density at radius 3 is 2.90 bits per heavy atom. The number of rotatable bonds is 3. The number of hydrogen-bond donors (Lipinski definition) is 2. The zero-order valence-corrected chi connectivity index (χ0v) is 11.1. The molecule has 0 saturated carbocycles. The summed E-state index contributed by atoms with van der Waals surface area (Å²) in [5.74, 6) is 5.24. The lowest BCUT2D eigenvalue weighted by atomic mass is 10.1. The molecule has 0 aliphatic rings. The van der Waals surface area contributed by atoms with E-state index in [1.807, 2.05) is 24.3 Å². The Balaban J connectivity index is 2.06. The number of nitrogens with one attached hydrogen (secondary N) is 1. The molecule has 5 nitrogen and oxygen atoms in total. The third kappa shape index (κ3) is 3.46. The summed E-state index contributed by atoms with van der Waals surface area (Å²) in [6.07, 6.45) is 1.72. The van der Waals surface area contributed by atoms with Gasteiger partial charge in [0.15, 0.2) is 0 Å². The van der Waals surface area contributed by atoms with Crippen LogP contribution < -0.4 is 5.32 Å². The number of aromatic nitrogens is 2. The summed E-state index contributed by atoms with van der Waals surface area (Å²) in [7, 11) is 1.76. The Morgan fingerprint density at radius 2 is 2.20 bits per heavy atom. The maximum absolute atomic E-state index is 11.9. The maximum atomic E-state index is 11.9. The normalized spacial score (nSPS) is 9.70. The van der Waals surface area contributed by atoms with Gasteiger partial charge in [-0.15, -0.1) is 0 Å². The van der Waals surface area contributed by atoms with Gasteiger partial charge in [-0.3, -0.25) is 9.48 Å². The average molecular weight is 269 g/mol. The van der Waals surface area contributed by atoms with Crippen molar-refractivity contribution in [3.05, 3.63) is 53.3 Å². The van der Waals surface area contributed by atoms with Crippen molar-refractivity contribution in [3.8, 4) is 11.8 Å². The van der Waals surface area contributed by atoms with Gasteiger partial charge in [0, 0.05) is 25.4 Å². The predicted octanol–water partition coefficient (Wildman–Crippen LogP) is 0.694. The van der Waals surface area contributed by atoms with Gasteiger partial charge < -0.3 is 10.4 Å². The van der Waals surface area contributed by atoms with E-state index in [0.29, 0.717) is 12.2 Å². The summed E-state index contributed by atoms with van der Waals surface area (Å²) in [4.78, 5) is 11.9. The Bertz CT molecular complexity index is 665. The van der Waals surface area contributed by atoms with Gasteiger partial charge in [-0.2, -0.15) is 5.10 Å². The van der Waals surface area contributed by atoms with Gasteiger partial charge in [0.25, 0.3) is 5.91 Å². The molecule has 1 amide bonds. The zero-order chi connectivity index (χ0) is 14.4. The van der Waals surface area contributed by atoms with Crippen LogP contribution in [-0.4, -0.2) is 27.4 Å². The molecule has 0 unspecified atom stereocenters. The number of amides is 1. The van der Waals surface area contributed by atoms with E-state index in [-0.39, 0.29) is 12.5 Å². The molecule has 102 valence electrons. The van der Waals surface area contributed by atoms with Crippen molar-refractivity contribution in [1.29, 1.82) is 0 Å². The summed E-state index contributed by atoms with van der Waals surface area (Å²) >= 11 is 0. The molecular weight excluding hydrogens is 254 g/mol. The smallest absolute Gasteiger partial charge is 0.272 e. The van der Waals surface area contributed by atoms with Crippen molar-refractivity contribution >= 4 is 5.91 Å². The highest BCUT2D eigenvalue weighted by atomic mass is 16.2. The number of aryl methyl sites for hydroxylation is 1. The van der Waals surface area contributed by atoms with Gasteiger partial charge >= 0.3 is 0 Å². The molecule has 20 heavy (non-hydrogen) atoms. The minimum absolute atomic E-state index is 0.186. The van der Waals surface area contributed by atoms with E-state index in [2.05, 4.69) is 22.3 Å². The largest absolute Gasteiger partial charge is 0.384 e. The second-order valence-corrected chi connectivity index (χ2v) is 4.17. The van der Waals surface area contributed by atoms with Crippen LogP contribution >= 0.6 is 0 Å². The van der Waals surface area contributed by atoms with Crippen LogP contribution in [0.15, 0.2) is 36.5 Å². The molecule has 0 spiro atoms. The lowest BCUT2D eigenvalue weighted by Crippen LogP contribution is -2.23. The maximum Gasteiger partial charge on any atom is 0.272 e. The van der Waals surface area contributed by atoms with Gasteiger partial charge in [-0.1, -0.05) is 30.0 Å². The Morgan fingerprint density at radius 1 is 1.40 bits per heavy atom. The first-order valence-electron chi connectivity index (χ1n) is 6.16. The average Bonchev–Trinajstić information content (AvgIpc) is 2.90. The third-order valence-corrected chi connectivity index (χ3v) is 2.71. The van der Waals surface area contributed by atoms with Gasteiger partial charge in [0.1, 0.15) is 12.3 Å². The third-order valence-electron chi connectivity index (χ3n) is 2.71. The van der Waals surface area contributed by atoms with E-state index in [1.54, 1.807) is 24.0 Å². The first-order valence-corrected chi connectivity index (χ1v) is 6.16.